The molecule has 0 aromatic carbocycles. The summed E-state index contributed by atoms with van der Waals surface area (Å²) in [5.41, 5.74) is -1.04. The van der Waals surface area contributed by atoms with Crippen LogP contribution in [0.2, 0.25) is 0 Å². The smallest absolute Gasteiger partial charge is 0.336 e. The second-order valence-corrected chi connectivity index (χ2v) is 5.42. The van der Waals surface area contributed by atoms with Crippen LogP contribution in [0.25, 0.3) is 0 Å². The fraction of sp³-hybridized carbons (Fsp3) is 0.923. The molecule has 1 rings (SSSR count). The lowest BCUT2D eigenvalue weighted by molar-refractivity contribution is -0.173. The molecule has 5 nitrogen and oxygen atoms in total. The van der Waals surface area contributed by atoms with Crippen LogP contribution >= 0.6 is 0 Å². The molecule has 0 atom stereocenters. The fourth-order valence-corrected chi connectivity index (χ4v) is 2.37. The maximum Gasteiger partial charge on any atom is 0.336 e. The first-order chi connectivity index (χ1) is 8.50. The Balaban J connectivity index is 2.49. The SMILES string of the molecule is CC(C)CN1CCC(OCCCO)(C(=O)O)CC1. The maximum absolute atomic E-state index is 11.4. The molecule has 0 spiro atoms. The van der Waals surface area contributed by atoms with Crippen LogP contribution in [0.1, 0.15) is 33.1 Å². The highest BCUT2D eigenvalue weighted by atomic mass is 16.5. The highest BCUT2D eigenvalue weighted by molar-refractivity contribution is 5.77. The van der Waals surface area contributed by atoms with Gasteiger partial charge in [-0.15, -0.1) is 0 Å². The Morgan fingerprint density at radius 3 is 2.44 bits per heavy atom. The van der Waals surface area contributed by atoms with Crippen molar-refractivity contribution in [2.75, 3.05) is 32.8 Å². The number of nitrogens with zero attached hydrogens (tertiary/aromatic N) is 1. The second kappa shape index (κ2) is 7.07. The van der Waals surface area contributed by atoms with Gasteiger partial charge in [-0.05, 0) is 25.2 Å². The normalized spacial score (nSPS) is 20.2. The first kappa shape index (κ1) is 15.4. The molecule has 0 amide bonds. The van der Waals surface area contributed by atoms with Gasteiger partial charge < -0.3 is 19.8 Å². The van der Waals surface area contributed by atoms with E-state index in [2.05, 4.69) is 18.7 Å². The number of piperidine rings is 1. The van der Waals surface area contributed by atoms with E-state index in [0.717, 1.165) is 19.6 Å². The monoisotopic (exact) mass is 259 g/mol. The first-order valence-electron chi connectivity index (χ1n) is 6.71. The lowest BCUT2D eigenvalue weighted by Gasteiger charge is -2.39. The second-order valence-electron chi connectivity index (χ2n) is 5.42. The number of carbonyl (C=O) groups is 1. The zero-order valence-corrected chi connectivity index (χ0v) is 11.4. The Hall–Kier alpha value is -0.650. The van der Waals surface area contributed by atoms with Crippen molar-refractivity contribution in [2.24, 2.45) is 5.92 Å². The van der Waals surface area contributed by atoms with Crippen LogP contribution in [0.15, 0.2) is 0 Å². The van der Waals surface area contributed by atoms with Gasteiger partial charge in [0.1, 0.15) is 0 Å². The average Bonchev–Trinajstić information content (AvgIpc) is 2.31. The zero-order valence-electron chi connectivity index (χ0n) is 11.4. The van der Waals surface area contributed by atoms with E-state index in [4.69, 9.17) is 9.84 Å². The lowest BCUT2D eigenvalue weighted by Crippen LogP contribution is -2.51. The van der Waals surface area contributed by atoms with Gasteiger partial charge in [-0.25, -0.2) is 4.79 Å². The number of aliphatic carboxylic acids is 1. The molecular weight excluding hydrogens is 234 g/mol. The van der Waals surface area contributed by atoms with Gasteiger partial charge in [0.05, 0.1) is 6.61 Å². The van der Waals surface area contributed by atoms with E-state index in [1.165, 1.54) is 0 Å². The van der Waals surface area contributed by atoms with Crippen molar-refractivity contribution in [1.82, 2.24) is 4.90 Å². The summed E-state index contributed by atoms with van der Waals surface area (Å²) in [5.74, 6) is -0.276. The molecule has 1 aliphatic rings. The predicted molar refractivity (Wildman–Crippen MR) is 68.5 cm³/mol. The number of aliphatic hydroxyl groups excluding tert-OH is 1. The van der Waals surface area contributed by atoms with E-state index in [9.17, 15) is 9.90 Å². The molecule has 2 N–H and O–H groups in total. The number of carboxylic acid groups (broad SMARTS) is 1. The molecule has 18 heavy (non-hydrogen) atoms. The van der Waals surface area contributed by atoms with Crippen LogP contribution in [0.4, 0.5) is 0 Å². The molecule has 0 unspecified atom stereocenters. The summed E-state index contributed by atoms with van der Waals surface area (Å²) >= 11 is 0. The Labute approximate surface area is 109 Å². The minimum atomic E-state index is -1.04. The summed E-state index contributed by atoms with van der Waals surface area (Å²) in [6, 6.07) is 0. The van der Waals surface area contributed by atoms with E-state index in [-0.39, 0.29) is 6.61 Å². The number of carboxylic acids is 1. The molecule has 1 heterocycles. The third kappa shape index (κ3) is 4.23. The molecule has 0 aromatic rings. The summed E-state index contributed by atoms with van der Waals surface area (Å²) in [6.45, 7) is 7.22. The van der Waals surface area contributed by atoms with Gasteiger partial charge in [-0.3, -0.25) is 0 Å². The Morgan fingerprint density at radius 2 is 2.00 bits per heavy atom. The minimum absolute atomic E-state index is 0.0369. The van der Waals surface area contributed by atoms with Gasteiger partial charge in [-0.2, -0.15) is 0 Å². The third-order valence-electron chi connectivity index (χ3n) is 3.36. The lowest BCUT2D eigenvalue weighted by atomic mass is 9.90. The number of hydrogen-bond donors (Lipinski definition) is 2. The number of likely N-dealkylation sites (tertiary alicyclic amines) is 1. The minimum Gasteiger partial charge on any atom is -0.479 e. The van der Waals surface area contributed by atoms with Crippen molar-refractivity contribution < 1.29 is 19.7 Å². The molecule has 0 bridgehead atoms. The molecule has 1 saturated heterocycles. The van der Waals surface area contributed by atoms with Crippen molar-refractivity contribution in [1.29, 1.82) is 0 Å². The van der Waals surface area contributed by atoms with Crippen LogP contribution in [0.5, 0.6) is 0 Å². The summed E-state index contributed by atoms with van der Waals surface area (Å²) < 4.78 is 5.54. The largest absolute Gasteiger partial charge is 0.479 e. The molecule has 5 heteroatoms. The molecule has 0 aliphatic carbocycles. The van der Waals surface area contributed by atoms with E-state index in [1.807, 2.05) is 0 Å². The van der Waals surface area contributed by atoms with E-state index >= 15 is 0 Å². The summed E-state index contributed by atoms with van der Waals surface area (Å²) in [4.78, 5) is 13.7. The van der Waals surface area contributed by atoms with Crippen molar-refractivity contribution >= 4 is 5.97 Å². The third-order valence-corrected chi connectivity index (χ3v) is 3.36. The zero-order chi connectivity index (χ0) is 13.6. The van der Waals surface area contributed by atoms with Crippen molar-refractivity contribution in [3.8, 4) is 0 Å². The standard InChI is InChI=1S/C13H25NO4/c1-11(2)10-14-6-4-13(5-7-14,12(16)17)18-9-3-8-15/h11,15H,3-10H2,1-2H3,(H,16,17). The molecule has 1 aliphatic heterocycles. The molecule has 0 aromatic heterocycles. The van der Waals surface area contributed by atoms with E-state index < -0.39 is 11.6 Å². The maximum atomic E-state index is 11.4. The summed E-state index contributed by atoms with van der Waals surface area (Å²) in [6.07, 6.45) is 1.55. The van der Waals surface area contributed by atoms with E-state index in [0.29, 0.717) is 31.8 Å². The predicted octanol–water partition coefficient (Wildman–Crippen LogP) is 0.961. The molecule has 0 saturated carbocycles. The van der Waals surface area contributed by atoms with Crippen molar-refractivity contribution in [2.45, 2.75) is 38.7 Å². The Morgan fingerprint density at radius 1 is 1.39 bits per heavy atom. The molecule has 0 radical (unpaired) electrons. The number of rotatable bonds is 7. The number of hydrogen-bond acceptors (Lipinski definition) is 4. The Bertz CT molecular complexity index is 260. The Kier molecular flexibility index (Phi) is 6.05. The van der Waals surface area contributed by atoms with Crippen LogP contribution in [0.3, 0.4) is 0 Å². The quantitative estimate of drug-likeness (QED) is 0.666. The van der Waals surface area contributed by atoms with Crippen molar-refractivity contribution in [3.05, 3.63) is 0 Å². The van der Waals surface area contributed by atoms with Gasteiger partial charge in [0, 0.05) is 26.2 Å². The van der Waals surface area contributed by atoms with Crippen LogP contribution < -0.4 is 0 Å². The summed E-state index contributed by atoms with van der Waals surface area (Å²) in [7, 11) is 0. The average molecular weight is 259 g/mol. The first-order valence-corrected chi connectivity index (χ1v) is 6.71. The highest BCUT2D eigenvalue weighted by Gasteiger charge is 2.42. The topological polar surface area (TPSA) is 70.0 Å². The van der Waals surface area contributed by atoms with Crippen LogP contribution in [-0.2, 0) is 9.53 Å². The van der Waals surface area contributed by atoms with Gasteiger partial charge in [0.25, 0.3) is 0 Å². The van der Waals surface area contributed by atoms with Crippen LogP contribution in [0, 0.1) is 5.92 Å². The molecular formula is C13H25NO4. The van der Waals surface area contributed by atoms with Gasteiger partial charge in [-0.1, -0.05) is 13.8 Å². The summed E-state index contributed by atoms with van der Waals surface area (Å²) in [5, 5.41) is 18.1. The van der Waals surface area contributed by atoms with E-state index in [1.54, 1.807) is 0 Å². The molecule has 106 valence electrons. The number of ether oxygens (including phenoxy) is 1. The van der Waals surface area contributed by atoms with Crippen LogP contribution in [-0.4, -0.2) is 59.5 Å². The van der Waals surface area contributed by atoms with Crippen molar-refractivity contribution in [3.63, 3.8) is 0 Å². The number of aliphatic hydroxyl groups is 1. The fourth-order valence-electron chi connectivity index (χ4n) is 2.37. The van der Waals surface area contributed by atoms with Gasteiger partial charge in [0.15, 0.2) is 5.60 Å². The van der Waals surface area contributed by atoms with Gasteiger partial charge >= 0.3 is 5.97 Å². The van der Waals surface area contributed by atoms with Gasteiger partial charge in [0.2, 0.25) is 0 Å². The highest BCUT2D eigenvalue weighted by Crippen LogP contribution is 2.27. The molecule has 1 fully saturated rings.